The van der Waals surface area contributed by atoms with Gasteiger partial charge in [0.25, 0.3) is 0 Å². The molecule has 1 aliphatic rings. The third-order valence-corrected chi connectivity index (χ3v) is 5.26. The molecule has 3 aromatic rings. The van der Waals surface area contributed by atoms with Gasteiger partial charge in [0.15, 0.2) is 5.82 Å². The quantitative estimate of drug-likeness (QED) is 0.754. The van der Waals surface area contributed by atoms with Crippen LogP contribution in [0.1, 0.15) is 23.4 Å². The van der Waals surface area contributed by atoms with Crippen LogP contribution in [-0.2, 0) is 4.79 Å². The van der Waals surface area contributed by atoms with Gasteiger partial charge in [-0.3, -0.25) is 9.78 Å². The van der Waals surface area contributed by atoms with Crippen molar-refractivity contribution in [3.8, 4) is 11.4 Å². The number of rotatable bonds is 3. The summed E-state index contributed by atoms with van der Waals surface area (Å²) in [5.74, 6) is 0.666. The van der Waals surface area contributed by atoms with Crippen LogP contribution in [0.15, 0.2) is 47.2 Å². The minimum Gasteiger partial charge on any atom is -0.366 e. The summed E-state index contributed by atoms with van der Waals surface area (Å²) in [7, 11) is 0. The fraction of sp³-hybridized carbons (Fsp3) is 0.176. The Kier molecular flexibility index (Phi) is 3.61. The monoisotopic (exact) mass is 352 g/mol. The second kappa shape index (κ2) is 5.82. The van der Waals surface area contributed by atoms with Crippen LogP contribution in [0.4, 0.5) is 5.95 Å². The van der Waals surface area contributed by atoms with Gasteiger partial charge in [0.1, 0.15) is 6.04 Å². The zero-order valence-electron chi connectivity index (χ0n) is 13.7. The molecule has 3 N–H and O–H groups in total. The van der Waals surface area contributed by atoms with Crippen LogP contribution in [0.5, 0.6) is 0 Å². The van der Waals surface area contributed by atoms with Crippen molar-refractivity contribution < 1.29 is 4.79 Å². The standard InChI is InChI=1S/C17H16N6OS/c1-9-5-7-25-14(9)13-12(15(18)24)10(2)20-17-21-16(22-23(13)17)11-4-3-6-19-8-11/h3-8,13H,1-2H3,(H2,18,24)(H,20,21,22). The van der Waals surface area contributed by atoms with Gasteiger partial charge in [-0.25, -0.2) is 4.68 Å². The summed E-state index contributed by atoms with van der Waals surface area (Å²) in [5, 5.41) is 9.78. The summed E-state index contributed by atoms with van der Waals surface area (Å²) < 4.78 is 1.73. The maximum Gasteiger partial charge on any atom is 0.248 e. The van der Waals surface area contributed by atoms with E-state index in [-0.39, 0.29) is 6.04 Å². The van der Waals surface area contributed by atoms with Crippen molar-refractivity contribution >= 4 is 23.2 Å². The molecule has 0 spiro atoms. The SMILES string of the molecule is CC1=C(C(N)=O)C(c2sccc2C)n2nc(-c3cccnc3)nc2N1. The maximum atomic E-state index is 12.1. The van der Waals surface area contributed by atoms with E-state index in [1.165, 1.54) is 0 Å². The van der Waals surface area contributed by atoms with Crippen LogP contribution in [0.3, 0.4) is 0 Å². The molecule has 0 aliphatic carbocycles. The van der Waals surface area contributed by atoms with Gasteiger partial charge in [-0.1, -0.05) is 0 Å². The van der Waals surface area contributed by atoms with Crippen molar-refractivity contribution in [3.63, 3.8) is 0 Å². The number of aryl methyl sites for hydroxylation is 1. The van der Waals surface area contributed by atoms with Crippen LogP contribution in [-0.4, -0.2) is 25.7 Å². The number of aromatic nitrogens is 4. The zero-order valence-corrected chi connectivity index (χ0v) is 14.5. The maximum absolute atomic E-state index is 12.1. The van der Waals surface area contributed by atoms with Crippen molar-refractivity contribution in [1.82, 2.24) is 19.7 Å². The highest BCUT2D eigenvalue weighted by Gasteiger charge is 2.34. The fourth-order valence-electron chi connectivity index (χ4n) is 2.99. The number of anilines is 1. The molecule has 1 amide bonds. The highest BCUT2D eigenvalue weighted by atomic mass is 32.1. The first kappa shape index (κ1) is 15.5. The number of carbonyl (C=O) groups is 1. The molecule has 126 valence electrons. The molecule has 4 heterocycles. The summed E-state index contributed by atoms with van der Waals surface area (Å²) in [5.41, 5.74) is 8.78. The summed E-state index contributed by atoms with van der Waals surface area (Å²) in [6, 6.07) is 5.37. The van der Waals surface area contributed by atoms with Crippen molar-refractivity contribution in [2.24, 2.45) is 5.73 Å². The Morgan fingerprint density at radius 3 is 2.84 bits per heavy atom. The van der Waals surface area contributed by atoms with E-state index >= 15 is 0 Å². The van der Waals surface area contributed by atoms with E-state index < -0.39 is 5.91 Å². The number of fused-ring (bicyclic) bond motifs is 1. The lowest BCUT2D eigenvalue weighted by atomic mass is 9.99. The first-order valence-corrected chi connectivity index (χ1v) is 8.62. The predicted molar refractivity (Wildman–Crippen MR) is 96.0 cm³/mol. The van der Waals surface area contributed by atoms with Gasteiger partial charge in [0.05, 0.1) is 5.57 Å². The highest BCUT2D eigenvalue weighted by molar-refractivity contribution is 7.10. The molecule has 7 nitrogen and oxygen atoms in total. The normalized spacial score (nSPS) is 16.5. The molecule has 0 saturated heterocycles. The smallest absolute Gasteiger partial charge is 0.248 e. The van der Waals surface area contributed by atoms with Gasteiger partial charge in [-0.2, -0.15) is 4.98 Å². The lowest BCUT2D eigenvalue weighted by molar-refractivity contribution is -0.115. The molecule has 8 heteroatoms. The highest BCUT2D eigenvalue weighted by Crippen LogP contribution is 2.39. The number of carbonyl (C=O) groups excluding carboxylic acids is 1. The lowest BCUT2D eigenvalue weighted by Gasteiger charge is -2.27. The fourth-order valence-corrected chi connectivity index (χ4v) is 4.01. The average molecular weight is 352 g/mol. The molecular formula is C17H16N6OS. The number of allylic oxidation sites excluding steroid dienone is 1. The minimum atomic E-state index is -0.466. The number of amides is 1. The van der Waals surface area contributed by atoms with Gasteiger partial charge in [-0.15, -0.1) is 16.4 Å². The molecule has 4 rings (SSSR count). The number of nitrogens with zero attached hydrogens (tertiary/aromatic N) is 4. The molecule has 0 saturated carbocycles. The summed E-state index contributed by atoms with van der Waals surface area (Å²) >= 11 is 1.58. The number of primary amides is 1. The second-order valence-electron chi connectivity index (χ2n) is 5.84. The predicted octanol–water partition coefficient (Wildman–Crippen LogP) is 2.48. The third-order valence-electron chi connectivity index (χ3n) is 4.19. The third kappa shape index (κ3) is 2.51. The van der Waals surface area contributed by atoms with Crippen LogP contribution in [0.25, 0.3) is 11.4 Å². The molecule has 0 bridgehead atoms. The molecule has 1 atom stereocenters. The molecule has 0 aromatic carbocycles. The first-order chi connectivity index (χ1) is 12.1. The number of hydrogen-bond acceptors (Lipinski definition) is 6. The Labute approximate surface area is 148 Å². The molecular weight excluding hydrogens is 336 g/mol. The average Bonchev–Trinajstić information content (AvgIpc) is 3.20. The summed E-state index contributed by atoms with van der Waals surface area (Å²) in [6.45, 7) is 3.85. The number of pyridine rings is 1. The molecule has 0 radical (unpaired) electrons. The molecule has 3 aromatic heterocycles. The Bertz CT molecular complexity index is 988. The van der Waals surface area contributed by atoms with Crippen LogP contribution >= 0.6 is 11.3 Å². The van der Waals surface area contributed by atoms with E-state index in [1.807, 2.05) is 37.4 Å². The van der Waals surface area contributed by atoms with Crippen molar-refractivity contribution in [2.45, 2.75) is 19.9 Å². The van der Waals surface area contributed by atoms with Crippen LogP contribution in [0, 0.1) is 6.92 Å². The van der Waals surface area contributed by atoms with E-state index in [1.54, 1.807) is 28.4 Å². The van der Waals surface area contributed by atoms with E-state index in [0.29, 0.717) is 23.0 Å². The van der Waals surface area contributed by atoms with Gasteiger partial charge >= 0.3 is 0 Å². The van der Waals surface area contributed by atoms with Gasteiger partial charge in [0, 0.05) is 28.5 Å². The van der Waals surface area contributed by atoms with E-state index in [9.17, 15) is 4.79 Å². The Balaban J connectivity index is 1.91. The Hall–Kier alpha value is -3.00. The number of thiophene rings is 1. The van der Waals surface area contributed by atoms with Crippen LogP contribution in [0.2, 0.25) is 0 Å². The van der Waals surface area contributed by atoms with Crippen molar-refractivity contribution in [3.05, 3.63) is 57.7 Å². The zero-order chi connectivity index (χ0) is 17.6. The lowest BCUT2D eigenvalue weighted by Crippen LogP contribution is -2.31. The molecule has 1 unspecified atom stereocenters. The van der Waals surface area contributed by atoms with E-state index in [0.717, 1.165) is 16.0 Å². The minimum absolute atomic E-state index is 0.383. The Morgan fingerprint density at radius 2 is 2.20 bits per heavy atom. The summed E-state index contributed by atoms with van der Waals surface area (Å²) in [4.78, 5) is 21.8. The number of hydrogen-bond donors (Lipinski definition) is 2. The van der Waals surface area contributed by atoms with Gasteiger partial charge < -0.3 is 11.1 Å². The van der Waals surface area contributed by atoms with Crippen molar-refractivity contribution in [1.29, 1.82) is 0 Å². The largest absolute Gasteiger partial charge is 0.366 e. The number of nitrogens with one attached hydrogen (secondary N) is 1. The first-order valence-electron chi connectivity index (χ1n) is 7.75. The van der Waals surface area contributed by atoms with Crippen molar-refractivity contribution in [2.75, 3.05) is 5.32 Å². The second-order valence-corrected chi connectivity index (χ2v) is 6.79. The topological polar surface area (TPSA) is 98.7 Å². The summed E-state index contributed by atoms with van der Waals surface area (Å²) in [6.07, 6.45) is 3.41. The molecule has 25 heavy (non-hydrogen) atoms. The Morgan fingerprint density at radius 1 is 1.36 bits per heavy atom. The molecule has 0 fully saturated rings. The van der Waals surface area contributed by atoms with Crippen LogP contribution < -0.4 is 11.1 Å². The number of nitrogens with two attached hydrogens (primary N) is 1. The van der Waals surface area contributed by atoms with E-state index in [4.69, 9.17) is 5.73 Å². The van der Waals surface area contributed by atoms with E-state index in [2.05, 4.69) is 20.4 Å². The van der Waals surface area contributed by atoms with Gasteiger partial charge in [-0.05, 0) is 43.0 Å². The molecule has 1 aliphatic heterocycles. The van der Waals surface area contributed by atoms with Gasteiger partial charge in [0.2, 0.25) is 11.9 Å².